The molecule has 0 spiro atoms. The van der Waals surface area contributed by atoms with Crippen molar-refractivity contribution in [1.29, 1.82) is 0 Å². The molecule has 1 aromatic heterocycles. The van der Waals surface area contributed by atoms with E-state index in [1.165, 1.54) is 34.7 Å². The Labute approximate surface area is 215 Å². The Morgan fingerprint density at radius 2 is 1.67 bits per heavy atom. The molecule has 1 saturated heterocycles. The lowest BCUT2D eigenvalue weighted by Crippen LogP contribution is -2.54. The molecule has 8 heteroatoms. The minimum absolute atomic E-state index is 0.0546. The van der Waals surface area contributed by atoms with E-state index in [0.717, 1.165) is 41.9 Å². The molecule has 3 aromatic rings. The first-order valence-corrected chi connectivity index (χ1v) is 12.1. The number of aromatic nitrogens is 1. The summed E-state index contributed by atoms with van der Waals surface area (Å²) in [7, 11) is 0. The number of aryl methyl sites for hydroxylation is 2. The Bertz CT molecular complexity index is 1390. The van der Waals surface area contributed by atoms with Crippen molar-refractivity contribution in [2.45, 2.75) is 40.0 Å². The van der Waals surface area contributed by atoms with E-state index in [1.807, 2.05) is 19.9 Å². The van der Waals surface area contributed by atoms with Crippen LogP contribution in [0.2, 0.25) is 0 Å². The van der Waals surface area contributed by atoms with E-state index in [1.54, 1.807) is 6.08 Å². The fourth-order valence-electron chi connectivity index (χ4n) is 4.32. The van der Waals surface area contributed by atoms with Crippen molar-refractivity contribution in [3.8, 4) is 5.69 Å². The topological polar surface area (TPSA) is 91.6 Å². The van der Waals surface area contributed by atoms with Gasteiger partial charge in [0.2, 0.25) is 0 Å². The van der Waals surface area contributed by atoms with Crippen LogP contribution >= 0.6 is 12.2 Å². The molecule has 2 N–H and O–H groups in total. The predicted octanol–water partition coefficient (Wildman–Crippen LogP) is 4.97. The molecule has 1 fully saturated rings. The van der Waals surface area contributed by atoms with E-state index in [9.17, 15) is 14.4 Å². The maximum Gasteiger partial charge on any atom is 0.335 e. The average molecular weight is 502 g/mol. The smallest absolute Gasteiger partial charge is 0.335 e. The van der Waals surface area contributed by atoms with Crippen LogP contribution in [0.15, 0.2) is 60.2 Å². The Hall–Kier alpha value is -4.04. The summed E-state index contributed by atoms with van der Waals surface area (Å²) in [6.45, 7) is 6.10. The van der Waals surface area contributed by atoms with Crippen LogP contribution in [0.5, 0.6) is 0 Å². The van der Waals surface area contributed by atoms with E-state index in [-0.39, 0.29) is 16.2 Å². The summed E-state index contributed by atoms with van der Waals surface area (Å²) in [6.07, 6.45) is 4.93. The van der Waals surface area contributed by atoms with Gasteiger partial charge in [0.25, 0.3) is 11.8 Å². The second kappa shape index (κ2) is 10.3. The normalized spacial score (nSPS) is 14.9. The molecule has 0 aliphatic carbocycles. The number of carbonyl (C=O) groups is 3. The molecular formula is C28H27N3O4S. The number of nitrogens with zero attached hydrogens (tertiary/aromatic N) is 2. The molecule has 7 nitrogen and oxygen atoms in total. The molecule has 1 aliphatic heterocycles. The number of hydrogen-bond acceptors (Lipinski definition) is 4. The van der Waals surface area contributed by atoms with Crippen molar-refractivity contribution >= 4 is 46.9 Å². The third-order valence-electron chi connectivity index (χ3n) is 6.26. The minimum atomic E-state index is -1.08. The highest BCUT2D eigenvalue weighted by molar-refractivity contribution is 7.80. The number of unbranched alkanes of at least 4 members (excludes halogenated alkanes) is 1. The predicted molar refractivity (Wildman–Crippen MR) is 143 cm³/mol. The van der Waals surface area contributed by atoms with Crippen molar-refractivity contribution < 1.29 is 19.5 Å². The maximum atomic E-state index is 13.4. The first-order chi connectivity index (χ1) is 17.2. The minimum Gasteiger partial charge on any atom is -0.478 e. The van der Waals surface area contributed by atoms with E-state index >= 15 is 0 Å². The van der Waals surface area contributed by atoms with Gasteiger partial charge in [0.15, 0.2) is 5.11 Å². The Kier molecular flexibility index (Phi) is 7.17. The van der Waals surface area contributed by atoms with Crippen molar-refractivity contribution in [2.24, 2.45) is 0 Å². The molecule has 1 aliphatic rings. The molecule has 36 heavy (non-hydrogen) atoms. The standard InChI is InChI=1S/C28H27N3O4S/c1-4-5-6-19-7-11-22(12-8-19)30-17(2)15-21(18(30)3)16-24-25(32)29-28(36)31(26(24)33)23-13-9-20(10-14-23)27(34)35/h7-16H,4-6H2,1-3H3,(H,34,35)(H,29,32,36)/b24-16+. The zero-order valence-electron chi connectivity index (χ0n) is 20.4. The van der Waals surface area contributed by atoms with Gasteiger partial charge >= 0.3 is 5.97 Å². The van der Waals surface area contributed by atoms with Crippen molar-refractivity contribution in [1.82, 2.24) is 9.88 Å². The van der Waals surface area contributed by atoms with E-state index in [4.69, 9.17) is 17.3 Å². The van der Waals surface area contributed by atoms with Gasteiger partial charge in [-0.3, -0.25) is 19.8 Å². The quantitative estimate of drug-likeness (QED) is 0.271. The Balaban J connectivity index is 1.67. The van der Waals surface area contributed by atoms with Crippen LogP contribution in [0.1, 0.15) is 52.6 Å². The third-order valence-corrected chi connectivity index (χ3v) is 6.54. The van der Waals surface area contributed by atoms with Gasteiger partial charge in [-0.1, -0.05) is 25.5 Å². The number of carbonyl (C=O) groups excluding carboxylic acids is 2. The monoisotopic (exact) mass is 501 g/mol. The second-order valence-corrected chi connectivity index (χ2v) is 9.13. The number of aromatic carboxylic acids is 1. The van der Waals surface area contributed by atoms with Gasteiger partial charge in [0.05, 0.1) is 11.3 Å². The van der Waals surface area contributed by atoms with Crippen molar-refractivity contribution in [3.05, 3.63) is 88.2 Å². The lowest BCUT2D eigenvalue weighted by atomic mass is 10.1. The fraction of sp³-hybridized carbons (Fsp3) is 0.214. The van der Waals surface area contributed by atoms with Crippen LogP contribution in [0, 0.1) is 13.8 Å². The summed E-state index contributed by atoms with van der Waals surface area (Å²) in [5, 5.41) is 11.6. The largest absolute Gasteiger partial charge is 0.478 e. The maximum absolute atomic E-state index is 13.4. The van der Waals surface area contributed by atoms with Gasteiger partial charge < -0.3 is 9.67 Å². The number of carboxylic acids is 1. The van der Waals surface area contributed by atoms with Gasteiger partial charge in [-0.25, -0.2) is 4.79 Å². The number of amides is 2. The van der Waals surface area contributed by atoms with Crippen LogP contribution < -0.4 is 10.2 Å². The third kappa shape index (κ3) is 4.85. The Morgan fingerprint density at radius 1 is 1.03 bits per heavy atom. The number of benzene rings is 2. The van der Waals surface area contributed by atoms with E-state index in [2.05, 4.69) is 41.1 Å². The molecule has 184 valence electrons. The average Bonchev–Trinajstić information content (AvgIpc) is 3.13. The number of hydrogen-bond donors (Lipinski definition) is 2. The van der Waals surface area contributed by atoms with Crippen LogP contribution in [0.3, 0.4) is 0 Å². The summed E-state index contributed by atoms with van der Waals surface area (Å²) in [5.41, 5.74) is 5.32. The van der Waals surface area contributed by atoms with Crippen LogP contribution in [-0.4, -0.2) is 32.6 Å². The van der Waals surface area contributed by atoms with Gasteiger partial charge in [-0.05, 0) is 98.6 Å². The summed E-state index contributed by atoms with van der Waals surface area (Å²) < 4.78 is 2.09. The highest BCUT2D eigenvalue weighted by Gasteiger charge is 2.34. The van der Waals surface area contributed by atoms with Gasteiger partial charge in [-0.2, -0.15) is 0 Å². The summed E-state index contributed by atoms with van der Waals surface area (Å²) >= 11 is 5.24. The molecular weight excluding hydrogens is 474 g/mol. The number of thiocarbonyl (C=S) groups is 1. The zero-order valence-corrected chi connectivity index (χ0v) is 21.2. The van der Waals surface area contributed by atoms with Crippen LogP contribution in [0.4, 0.5) is 5.69 Å². The van der Waals surface area contributed by atoms with Gasteiger partial charge in [-0.15, -0.1) is 0 Å². The highest BCUT2D eigenvalue weighted by Crippen LogP contribution is 2.26. The molecule has 2 amide bonds. The molecule has 0 saturated carbocycles. The number of rotatable bonds is 7. The Morgan fingerprint density at radius 3 is 2.28 bits per heavy atom. The summed E-state index contributed by atoms with van der Waals surface area (Å²) in [5.74, 6) is -2.22. The van der Waals surface area contributed by atoms with Gasteiger partial charge in [0, 0.05) is 17.1 Å². The van der Waals surface area contributed by atoms with Crippen LogP contribution in [-0.2, 0) is 16.0 Å². The molecule has 2 aromatic carbocycles. The highest BCUT2D eigenvalue weighted by atomic mass is 32.1. The van der Waals surface area contributed by atoms with E-state index in [0.29, 0.717) is 5.69 Å². The molecule has 4 rings (SSSR count). The number of nitrogens with one attached hydrogen (secondary N) is 1. The second-order valence-electron chi connectivity index (χ2n) is 8.74. The number of anilines is 1. The summed E-state index contributed by atoms with van der Waals surface area (Å²) in [4.78, 5) is 38.5. The van der Waals surface area contributed by atoms with Gasteiger partial charge in [0.1, 0.15) is 5.57 Å². The molecule has 2 heterocycles. The van der Waals surface area contributed by atoms with Crippen molar-refractivity contribution in [2.75, 3.05) is 4.90 Å². The SMILES string of the molecule is CCCCc1ccc(-n2c(C)cc(/C=C3\C(=O)NC(=S)N(c4ccc(C(=O)O)cc4)C3=O)c2C)cc1. The molecule has 0 radical (unpaired) electrons. The number of carboxylic acid groups (broad SMARTS) is 1. The first-order valence-electron chi connectivity index (χ1n) is 11.7. The zero-order chi connectivity index (χ0) is 26.0. The summed E-state index contributed by atoms with van der Waals surface area (Å²) in [6, 6.07) is 16.1. The van der Waals surface area contributed by atoms with E-state index < -0.39 is 17.8 Å². The molecule has 0 atom stereocenters. The first kappa shape index (κ1) is 25.1. The van der Waals surface area contributed by atoms with Crippen LogP contribution in [0.25, 0.3) is 11.8 Å². The lowest BCUT2D eigenvalue weighted by Gasteiger charge is -2.29. The molecule has 0 bridgehead atoms. The lowest BCUT2D eigenvalue weighted by molar-refractivity contribution is -0.122. The fourth-order valence-corrected chi connectivity index (χ4v) is 4.61. The molecule has 0 unspecified atom stereocenters. The van der Waals surface area contributed by atoms with Crippen molar-refractivity contribution in [3.63, 3.8) is 0 Å².